The van der Waals surface area contributed by atoms with Crippen LogP contribution in [0.1, 0.15) is 15.9 Å². The van der Waals surface area contributed by atoms with E-state index in [1.807, 2.05) is 43.3 Å². The van der Waals surface area contributed by atoms with Gasteiger partial charge in [0, 0.05) is 12.1 Å². The summed E-state index contributed by atoms with van der Waals surface area (Å²) in [6, 6.07) is 25.0. The van der Waals surface area contributed by atoms with E-state index in [4.69, 9.17) is 9.47 Å². The second-order valence-corrected chi connectivity index (χ2v) is 7.72. The molecular weight excluding hydrogens is 448 g/mol. The fraction of sp³-hybridized carbons (Fsp3) is 0.0385. The van der Waals surface area contributed by atoms with Gasteiger partial charge in [-0.3, -0.25) is 10.1 Å². The molecule has 0 saturated heterocycles. The van der Waals surface area contributed by atoms with Gasteiger partial charge >= 0.3 is 5.97 Å². The molecule has 0 atom stereocenters. The second-order valence-electron chi connectivity index (χ2n) is 7.72. The molecule has 0 spiro atoms. The number of aryl methyl sites for hydroxylation is 1. The van der Waals surface area contributed by atoms with Crippen LogP contribution in [0.3, 0.4) is 0 Å². The summed E-state index contributed by atoms with van der Waals surface area (Å²) in [6.07, 6.45) is 0. The monoisotopic (exact) mass is 466 g/mol. The molecule has 0 unspecified atom stereocenters. The lowest BCUT2D eigenvalue weighted by molar-refractivity contribution is -0.384. The second kappa shape index (κ2) is 9.06. The van der Waals surface area contributed by atoms with Gasteiger partial charge in [-0.2, -0.15) is 0 Å². The first-order chi connectivity index (χ1) is 17.0. The molecule has 0 bridgehead atoms. The number of nitro groups is 1. The first-order valence-electron chi connectivity index (χ1n) is 10.6. The van der Waals surface area contributed by atoms with Gasteiger partial charge in [0.15, 0.2) is 5.75 Å². The average molecular weight is 466 g/mol. The number of aromatic nitrogens is 3. The fourth-order valence-corrected chi connectivity index (χ4v) is 3.43. The van der Waals surface area contributed by atoms with Crippen LogP contribution in [-0.2, 0) is 0 Å². The third-order valence-electron chi connectivity index (χ3n) is 5.19. The van der Waals surface area contributed by atoms with E-state index in [9.17, 15) is 14.9 Å². The number of non-ortho nitro benzene ring substituents is 1. The zero-order valence-corrected chi connectivity index (χ0v) is 18.5. The topological polar surface area (TPSA) is 109 Å². The zero-order valence-electron chi connectivity index (χ0n) is 18.5. The van der Waals surface area contributed by atoms with Crippen molar-refractivity contribution < 1.29 is 19.2 Å². The summed E-state index contributed by atoms with van der Waals surface area (Å²) < 4.78 is 11.4. The summed E-state index contributed by atoms with van der Waals surface area (Å²) >= 11 is 0. The van der Waals surface area contributed by atoms with Crippen LogP contribution < -0.4 is 9.47 Å². The van der Waals surface area contributed by atoms with Gasteiger partial charge in [0.05, 0.1) is 10.5 Å². The van der Waals surface area contributed by atoms with E-state index in [0.717, 1.165) is 16.6 Å². The van der Waals surface area contributed by atoms with Crippen molar-refractivity contribution in [3.63, 3.8) is 0 Å². The minimum Gasteiger partial charge on any atom is -0.457 e. The standard InChI is InChI=1S/C26H18N4O5/c1-17-6-15-25(24(16-17)29-27-22-4-2-3-5-23(22)28-29)35-26(31)18-7-11-20(12-8-18)34-21-13-9-19(10-14-21)30(32)33/h2-16H,1H3. The van der Waals surface area contributed by atoms with E-state index in [1.54, 1.807) is 30.3 Å². The molecule has 0 aliphatic heterocycles. The van der Waals surface area contributed by atoms with Crippen molar-refractivity contribution in [1.82, 2.24) is 15.0 Å². The van der Waals surface area contributed by atoms with Crippen LogP contribution in [0.5, 0.6) is 17.2 Å². The zero-order chi connectivity index (χ0) is 24.4. The number of fused-ring (bicyclic) bond motifs is 1. The predicted molar refractivity (Wildman–Crippen MR) is 128 cm³/mol. The Morgan fingerprint density at radius 2 is 1.46 bits per heavy atom. The molecule has 0 saturated carbocycles. The molecule has 5 rings (SSSR count). The first kappa shape index (κ1) is 21.8. The van der Waals surface area contributed by atoms with Crippen LogP contribution >= 0.6 is 0 Å². The Morgan fingerprint density at radius 3 is 2.06 bits per heavy atom. The SMILES string of the molecule is Cc1ccc(OC(=O)c2ccc(Oc3ccc([N+](=O)[O-])cc3)cc2)c(-n2nc3ccccc3n2)c1. The quantitative estimate of drug-likeness (QED) is 0.138. The Bertz CT molecular complexity index is 1510. The van der Waals surface area contributed by atoms with E-state index in [-0.39, 0.29) is 5.69 Å². The van der Waals surface area contributed by atoms with Crippen molar-refractivity contribution in [2.24, 2.45) is 0 Å². The number of rotatable bonds is 6. The highest BCUT2D eigenvalue weighted by Crippen LogP contribution is 2.27. The van der Waals surface area contributed by atoms with Crippen LogP contribution in [0.4, 0.5) is 5.69 Å². The predicted octanol–water partition coefficient (Wildman–Crippen LogP) is 5.65. The van der Waals surface area contributed by atoms with Crippen LogP contribution in [0, 0.1) is 17.0 Å². The molecule has 0 aliphatic carbocycles. The summed E-state index contributed by atoms with van der Waals surface area (Å²) in [5, 5.41) is 19.8. The number of hydrogen-bond donors (Lipinski definition) is 0. The van der Waals surface area contributed by atoms with Crippen molar-refractivity contribution in [3.05, 3.63) is 112 Å². The fourth-order valence-electron chi connectivity index (χ4n) is 3.43. The Kier molecular flexibility index (Phi) is 5.64. The molecule has 1 aromatic heterocycles. The van der Waals surface area contributed by atoms with Crippen LogP contribution in [0.15, 0.2) is 91.0 Å². The highest BCUT2D eigenvalue weighted by atomic mass is 16.6. The lowest BCUT2D eigenvalue weighted by Gasteiger charge is -2.11. The molecule has 0 N–H and O–H groups in total. The number of benzene rings is 4. The number of carbonyl (C=O) groups is 1. The molecule has 172 valence electrons. The molecule has 0 amide bonds. The van der Waals surface area contributed by atoms with Crippen molar-refractivity contribution in [1.29, 1.82) is 0 Å². The van der Waals surface area contributed by atoms with Crippen molar-refractivity contribution >= 4 is 22.7 Å². The lowest BCUT2D eigenvalue weighted by atomic mass is 10.2. The summed E-state index contributed by atoms with van der Waals surface area (Å²) in [5.41, 5.74) is 3.28. The smallest absolute Gasteiger partial charge is 0.343 e. The Balaban J connectivity index is 1.34. The number of nitrogens with zero attached hydrogens (tertiary/aromatic N) is 4. The number of hydrogen-bond acceptors (Lipinski definition) is 7. The number of nitro benzene ring substituents is 1. The minimum absolute atomic E-state index is 0.0238. The molecule has 9 heteroatoms. The van der Waals surface area contributed by atoms with Gasteiger partial charge in [-0.05, 0) is 73.2 Å². The third kappa shape index (κ3) is 4.69. The van der Waals surface area contributed by atoms with Gasteiger partial charge in [-0.1, -0.05) is 18.2 Å². The summed E-state index contributed by atoms with van der Waals surface area (Å²) in [6.45, 7) is 1.93. The minimum atomic E-state index is -0.547. The van der Waals surface area contributed by atoms with Crippen LogP contribution in [0.2, 0.25) is 0 Å². The van der Waals surface area contributed by atoms with Gasteiger partial charge in [0.2, 0.25) is 0 Å². The summed E-state index contributed by atoms with van der Waals surface area (Å²) in [5.74, 6) is 0.689. The number of carbonyl (C=O) groups excluding carboxylic acids is 1. The van der Waals surface area contributed by atoms with Gasteiger partial charge < -0.3 is 9.47 Å². The maximum Gasteiger partial charge on any atom is 0.343 e. The average Bonchev–Trinajstić information content (AvgIpc) is 3.30. The molecule has 5 aromatic rings. The summed E-state index contributed by atoms with van der Waals surface area (Å²) in [7, 11) is 0. The molecule has 4 aromatic carbocycles. The molecule has 1 heterocycles. The highest BCUT2D eigenvalue weighted by Gasteiger charge is 2.16. The molecule has 9 nitrogen and oxygen atoms in total. The van der Waals surface area contributed by atoms with Crippen LogP contribution in [-0.4, -0.2) is 25.9 Å². The van der Waals surface area contributed by atoms with Gasteiger partial charge in [0.25, 0.3) is 5.69 Å². The Morgan fingerprint density at radius 1 is 0.857 bits per heavy atom. The van der Waals surface area contributed by atoms with Gasteiger partial charge in [0.1, 0.15) is 28.2 Å². The van der Waals surface area contributed by atoms with E-state index in [0.29, 0.717) is 28.5 Å². The van der Waals surface area contributed by atoms with Crippen LogP contribution in [0.25, 0.3) is 16.7 Å². The van der Waals surface area contributed by atoms with E-state index < -0.39 is 10.9 Å². The largest absolute Gasteiger partial charge is 0.457 e. The maximum absolute atomic E-state index is 12.8. The molecule has 0 aliphatic rings. The Hall–Kier alpha value is -5.05. The Labute approximate surface area is 199 Å². The molecule has 0 radical (unpaired) electrons. The van der Waals surface area contributed by atoms with Crippen molar-refractivity contribution in [2.45, 2.75) is 6.92 Å². The number of esters is 1. The highest BCUT2D eigenvalue weighted by molar-refractivity contribution is 5.91. The van der Waals surface area contributed by atoms with E-state index in [2.05, 4.69) is 10.2 Å². The molecule has 0 fully saturated rings. The van der Waals surface area contributed by atoms with Crippen molar-refractivity contribution in [3.8, 4) is 22.9 Å². The van der Waals surface area contributed by atoms with Crippen molar-refractivity contribution in [2.75, 3.05) is 0 Å². The van der Waals surface area contributed by atoms with E-state index >= 15 is 0 Å². The molecule has 35 heavy (non-hydrogen) atoms. The lowest BCUT2D eigenvalue weighted by Crippen LogP contribution is -2.11. The number of ether oxygens (including phenoxy) is 2. The third-order valence-corrected chi connectivity index (χ3v) is 5.19. The molecular formula is C26H18N4O5. The first-order valence-corrected chi connectivity index (χ1v) is 10.6. The summed E-state index contributed by atoms with van der Waals surface area (Å²) in [4.78, 5) is 24.6. The van der Waals surface area contributed by atoms with Gasteiger partial charge in [-0.15, -0.1) is 15.0 Å². The van der Waals surface area contributed by atoms with E-state index in [1.165, 1.54) is 29.1 Å². The normalized spacial score (nSPS) is 10.8. The van der Waals surface area contributed by atoms with Gasteiger partial charge in [-0.25, -0.2) is 4.79 Å². The maximum atomic E-state index is 12.8.